The van der Waals surface area contributed by atoms with Gasteiger partial charge in [-0.25, -0.2) is 14.8 Å². The van der Waals surface area contributed by atoms with Gasteiger partial charge in [-0.15, -0.1) is 0 Å². The Morgan fingerprint density at radius 2 is 1.87 bits per heavy atom. The summed E-state index contributed by atoms with van der Waals surface area (Å²) in [5.74, 6) is 0. The van der Waals surface area contributed by atoms with Crippen LogP contribution in [0.2, 0.25) is 0 Å². The second kappa shape index (κ2) is 7.78. The molecule has 1 aliphatic rings. The Bertz CT molecular complexity index is 1210. The average Bonchev–Trinajstić information content (AvgIpc) is 3.23. The van der Waals surface area contributed by atoms with E-state index in [0.29, 0.717) is 12.6 Å². The van der Waals surface area contributed by atoms with Crippen LogP contribution in [0.3, 0.4) is 0 Å². The molecule has 2 aromatic heterocycles. The van der Waals surface area contributed by atoms with Gasteiger partial charge in [-0.3, -0.25) is 0 Å². The predicted octanol–water partition coefficient (Wildman–Crippen LogP) is 4.62. The quantitative estimate of drug-likeness (QED) is 0.547. The van der Waals surface area contributed by atoms with Crippen molar-refractivity contribution in [2.45, 2.75) is 25.8 Å². The number of likely N-dealkylation sites (tertiary alicyclic amines) is 1. The number of amides is 2. The number of hydrogen-bond acceptors (Lipinski definition) is 3. The van der Waals surface area contributed by atoms with Crippen LogP contribution in [0.1, 0.15) is 25.8 Å². The Hall–Kier alpha value is -3.41. The molecule has 0 saturated carbocycles. The Kier molecular flexibility index (Phi) is 4.83. The second-order valence-electron chi connectivity index (χ2n) is 7.80. The highest BCUT2D eigenvalue weighted by Gasteiger charge is 2.25. The minimum atomic E-state index is 0.0307. The van der Waals surface area contributed by atoms with Gasteiger partial charge in [-0.2, -0.15) is 0 Å². The van der Waals surface area contributed by atoms with Crippen molar-refractivity contribution in [2.75, 3.05) is 19.6 Å². The molecule has 0 bridgehead atoms. The first-order chi connectivity index (χ1) is 14.7. The van der Waals surface area contributed by atoms with Crippen LogP contribution in [0.4, 0.5) is 4.79 Å². The van der Waals surface area contributed by atoms with Crippen LogP contribution in [0, 0.1) is 0 Å². The maximum absolute atomic E-state index is 12.1. The number of nitrogens with zero attached hydrogens (tertiary/aromatic N) is 4. The Balaban J connectivity index is 1.45. The normalized spacial score (nSPS) is 15.0. The van der Waals surface area contributed by atoms with Crippen LogP contribution in [-0.4, -0.2) is 45.1 Å². The van der Waals surface area contributed by atoms with Gasteiger partial charge < -0.3 is 14.8 Å². The molecule has 0 atom stereocenters. The van der Waals surface area contributed by atoms with Gasteiger partial charge >= 0.3 is 6.03 Å². The van der Waals surface area contributed by atoms with E-state index in [1.54, 1.807) is 0 Å². The fourth-order valence-electron chi connectivity index (χ4n) is 4.40. The number of imidazole rings is 1. The number of carbonyl (C=O) groups is 1. The molecule has 1 N–H and O–H groups in total. The molecule has 0 radical (unpaired) electrons. The Morgan fingerprint density at radius 3 is 2.67 bits per heavy atom. The summed E-state index contributed by atoms with van der Waals surface area (Å²) in [6, 6.07) is 17.3. The van der Waals surface area contributed by atoms with Crippen LogP contribution in [-0.2, 0) is 0 Å². The van der Waals surface area contributed by atoms with E-state index in [1.807, 2.05) is 30.4 Å². The fourth-order valence-corrected chi connectivity index (χ4v) is 4.40. The van der Waals surface area contributed by atoms with Gasteiger partial charge in [0.15, 0.2) is 5.65 Å². The van der Waals surface area contributed by atoms with Gasteiger partial charge in [0.2, 0.25) is 0 Å². The number of pyridine rings is 1. The largest absolute Gasteiger partial charge is 0.338 e. The van der Waals surface area contributed by atoms with Gasteiger partial charge in [-0.05, 0) is 48.2 Å². The summed E-state index contributed by atoms with van der Waals surface area (Å²) in [6.07, 6.45) is 5.60. The molecular formula is C24H25N5O. The topological polar surface area (TPSA) is 63.1 Å². The maximum atomic E-state index is 12.1. The number of fused-ring (bicyclic) bond motifs is 2. The first kappa shape index (κ1) is 18.6. The first-order valence-electron chi connectivity index (χ1n) is 10.6. The Labute approximate surface area is 175 Å². The van der Waals surface area contributed by atoms with Crippen LogP contribution in [0.25, 0.3) is 33.1 Å². The minimum absolute atomic E-state index is 0.0307. The van der Waals surface area contributed by atoms with Gasteiger partial charge in [0.25, 0.3) is 0 Å². The summed E-state index contributed by atoms with van der Waals surface area (Å²) in [5, 5.41) is 5.34. The SMILES string of the molecule is CCNC(=O)N1CCC(n2cnc3c(-c4ccc5ccccc5c4)ccnc32)CC1. The van der Waals surface area contributed by atoms with E-state index in [0.717, 1.165) is 48.2 Å². The van der Waals surface area contributed by atoms with Gasteiger partial charge in [0, 0.05) is 37.4 Å². The highest BCUT2D eigenvalue weighted by Crippen LogP contribution is 2.32. The lowest BCUT2D eigenvalue weighted by Gasteiger charge is -2.32. The second-order valence-corrected chi connectivity index (χ2v) is 7.80. The highest BCUT2D eigenvalue weighted by atomic mass is 16.2. The molecule has 30 heavy (non-hydrogen) atoms. The lowest BCUT2D eigenvalue weighted by atomic mass is 10.0. The third-order valence-electron chi connectivity index (χ3n) is 5.99. The van der Waals surface area contributed by atoms with E-state index in [-0.39, 0.29) is 6.03 Å². The number of aromatic nitrogens is 3. The van der Waals surface area contributed by atoms with Crippen LogP contribution >= 0.6 is 0 Å². The predicted molar refractivity (Wildman–Crippen MR) is 119 cm³/mol. The maximum Gasteiger partial charge on any atom is 0.317 e. The van der Waals surface area contributed by atoms with Crippen molar-refractivity contribution in [3.63, 3.8) is 0 Å². The van der Waals surface area contributed by atoms with Crippen molar-refractivity contribution in [1.82, 2.24) is 24.8 Å². The van der Waals surface area contributed by atoms with E-state index in [9.17, 15) is 4.79 Å². The van der Waals surface area contributed by atoms with Crippen molar-refractivity contribution in [1.29, 1.82) is 0 Å². The van der Waals surface area contributed by atoms with E-state index in [4.69, 9.17) is 4.98 Å². The molecule has 0 unspecified atom stereocenters. The number of urea groups is 1. The van der Waals surface area contributed by atoms with Gasteiger partial charge in [0.1, 0.15) is 5.52 Å². The summed E-state index contributed by atoms with van der Waals surface area (Å²) in [6.45, 7) is 4.11. The summed E-state index contributed by atoms with van der Waals surface area (Å²) >= 11 is 0. The molecule has 0 aliphatic carbocycles. The van der Waals surface area contributed by atoms with Crippen LogP contribution in [0.15, 0.2) is 61.1 Å². The molecule has 5 rings (SSSR count). The van der Waals surface area contributed by atoms with E-state index >= 15 is 0 Å². The third kappa shape index (κ3) is 3.28. The number of piperidine rings is 1. The standard InChI is InChI=1S/C24H25N5O/c1-2-25-24(30)28-13-10-20(11-14-28)29-16-27-22-21(9-12-26-23(22)29)19-8-7-17-5-3-4-6-18(17)15-19/h3-9,12,15-16,20H,2,10-11,13-14H2,1H3,(H,25,30). The van der Waals surface area contributed by atoms with Gasteiger partial charge in [0.05, 0.1) is 6.33 Å². The smallest absolute Gasteiger partial charge is 0.317 e. The molecule has 3 heterocycles. The summed E-state index contributed by atoms with van der Waals surface area (Å²) < 4.78 is 2.19. The molecule has 6 heteroatoms. The minimum Gasteiger partial charge on any atom is -0.338 e. The molecule has 0 spiro atoms. The molecular weight excluding hydrogens is 374 g/mol. The van der Waals surface area contributed by atoms with Gasteiger partial charge in [-0.1, -0.05) is 36.4 Å². The molecule has 1 saturated heterocycles. The summed E-state index contributed by atoms with van der Waals surface area (Å²) in [7, 11) is 0. The summed E-state index contributed by atoms with van der Waals surface area (Å²) in [4.78, 5) is 23.4. The van der Waals surface area contributed by atoms with Crippen molar-refractivity contribution >= 4 is 28.0 Å². The molecule has 2 amide bonds. The van der Waals surface area contributed by atoms with E-state index < -0.39 is 0 Å². The molecule has 4 aromatic rings. The molecule has 1 fully saturated rings. The third-order valence-corrected chi connectivity index (χ3v) is 5.99. The number of nitrogens with one attached hydrogen (secondary N) is 1. The molecule has 6 nitrogen and oxygen atoms in total. The fraction of sp³-hybridized carbons (Fsp3) is 0.292. The van der Waals surface area contributed by atoms with E-state index in [2.05, 4.69) is 57.3 Å². The van der Waals surface area contributed by atoms with Crippen LogP contribution in [0.5, 0.6) is 0 Å². The first-order valence-corrected chi connectivity index (χ1v) is 10.6. The Morgan fingerprint density at radius 1 is 1.07 bits per heavy atom. The van der Waals surface area contributed by atoms with Crippen molar-refractivity contribution in [3.8, 4) is 11.1 Å². The number of carbonyl (C=O) groups excluding carboxylic acids is 1. The van der Waals surface area contributed by atoms with Crippen molar-refractivity contribution in [2.24, 2.45) is 0 Å². The van der Waals surface area contributed by atoms with Crippen LogP contribution < -0.4 is 5.32 Å². The lowest BCUT2D eigenvalue weighted by molar-refractivity contribution is 0.173. The van der Waals surface area contributed by atoms with E-state index in [1.165, 1.54) is 10.8 Å². The zero-order chi connectivity index (χ0) is 20.5. The number of benzene rings is 2. The molecule has 2 aromatic carbocycles. The average molecular weight is 399 g/mol. The zero-order valence-electron chi connectivity index (χ0n) is 17.1. The zero-order valence-corrected chi connectivity index (χ0v) is 17.1. The highest BCUT2D eigenvalue weighted by molar-refractivity contribution is 5.94. The molecule has 152 valence electrons. The number of rotatable bonds is 3. The van der Waals surface area contributed by atoms with Crippen molar-refractivity contribution in [3.05, 3.63) is 61.1 Å². The summed E-state index contributed by atoms with van der Waals surface area (Å²) in [5.41, 5.74) is 4.10. The monoisotopic (exact) mass is 399 g/mol. The lowest BCUT2D eigenvalue weighted by Crippen LogP contribution is -2.44. The van der Waals surface area contributed by atoms with Crippen molar-refractivity contribution < 1.29 is 4.79 Å². The molecule has 1 aliphatic heterocycles. The number of hydrogen-bond donors (Lipinski definition) is 1.